The summed E-state index contributed by atoms with van der Waals surface area (Å²) in [4.78, 5) is 2.31. The molecule has 2 rings (SSSR count). The molecule has 2 fully saturated rings. The molecular formula is C12H21F3N2S. The standard InChI is InChI=1S/C12H21F3N2S/c1-10-8-17(6-7-18-12(13,14)15)11(9-16-10)4-2-3-5-11/h10,16H,2-9H2,1H3. The van der Waals surface area contributed by atoms with Crippen LogP contribution in [-0.4, -0.2) is 47.4 Å². The Morgan fingerprint density at radius 2 is 2.00 bits per heavy atom. The van der Waals surface area contributed by atoms with E-state index in [4.69, 9.17) is 0 Å². The Labute approximate surface area is 111 Å². The summed E-state index contributed by atoms with van der Waals surface area (Å²) < 4.78 is 36.6. The summed E-state index contributed by atoms with van der Waals surface area (Å²) in [6.45, 7) is 4.46. The van der Waals surface area contributed by atoms with E-state index >= 15 is 0 Å². The summed E-state index contributed by atoms with van der Waals surface area (Å²) in [7, 11) is 0. The average Bonchev–Trinajstić information content (AvgIpc) is 2.71. The second-order valence-electron chi connectivity index (χ2n) is 5.45. The van der Waals surface area contributed by atoms with Gasteiger partial charge >= 0.3 is 5.51 Å². The summed E-state index contributed by atoms with van der Waals surface area (Å²) in [6.07, 6.45) is 4.67. The third-order valence-corrected chi connectivity index (χ3v) is 4.82. The van der Waals surface area contributed by atoms with Crippen LogP contribution in [-0.2, 0) is 0 Å². The summed E-state index contributed by atoms with van der Waals surface area (Å²) in [5.74, 6) is 0.151. The minimum atomic E-state index is -4.09. The molecule has 18 heavy (non-hydrogen) atoms. The van der Waals surface area contributed by atoms with E-state index in [-0.39, 0.29) is 23.1 Å². The van der Waals surface area contributed by atoms with E-state index in [1.54, 1.807) is 0 Å². The lowest BCUT2D eigenvalue weighted by Gasteiger charge is -2.47. The van der Waals surface area contributed by atoms with Crippen molar-refractivity contribution in [1.82, 2.24) is 10.2 Å². The molecule has 0 aromatic heterocycles. The van der Waals surface area contributed by atoms with Crippen molar-refractivity contribution in [2.75, 3.05) is 25.4 Å². The van der Waals surface area contributed by atoms with Crippen molar-refractivity contribution < 1.29 is 13.2 Å². The third kappa shape index (κ3) is 3.54. The van der Waals surface area contributed by atoms with Gasteiger partial charge in [0.25, 0.3) is 0 Å². The van der Waals surface area contributed by atoms with Crippen LogP contribution in [0.5, 0.6) is 0 Å². The molecule has 106 valence electrons. The van der Waals surface area contributed by atoms with Crippen molar-refractivity contribution in [3.05, 3.63) is 0 Å². The lowest BCUT2D eigenvalue weighted by atomic mass is 9.91. The summed E-state index contributed by atoms with van der Waals surface area (Å²) in [5, 5.41) is 3.48. The first-order valence-corrected chi connectivity index (χ1v) is 7.59. The topological polar surface area (TPSA) is 15.3 Å². The molecule has 1 N–H and O–H groups in total. The molecule has 1 spiro atoms. The molecular weight excluding hydrogens is 261 g/mol. The van der Waals surface area contributed by atoms with E-state index in [9.17, 15) is 13.2 Å². The Bertz CT molecular complexity index is 277. The van der Waals surface area contributed by atoms with E-state index in [0.29, 0.717) is 12.6 Å². The molecule has 1 saturated carbocycles. The van der Waals surface area contributed by atoms with Gasteiger partial charge in [-0.15, -0.1) is 0 Å². The van der Waals surface area contributed by atoms with Crippen LogP contribution < -0.4 is 5.32 Å². The highest BCUT2D eigenvalue weighted by atomic mass is 32.2. The van der Waals surface area contributed by atoms with Crippen LogP contribution in [0.3, 0.4) is 0 Å². The molecule has 6 heteroatoms. The summed E-state index contributed by atoms with van der Waals surface area (Å²) in [5.41, 5.74) is -3.96. The largest absolute Gasteiger partial charge is 0.441 e. The number of rotatable bonds is 3. The lowest BCUT2D eigenvalue weighted by Crippen LogP contribution is -2.63. The molecule has 1 aliphatic heterocycles. The molecule has 1 saturated heterocycles. The number of halogens is 3. The highest BCUT2D eigenvalue weighted by molar-refractivity contribution is 8.00. The number of alkyl halides is 3. The van der Waals surface area contributed by atoms with Gasteiger partial charge in [0.1, 0.15) is 0 Å². The van der Waals surface area contributed by atoms with Crippen LogP contribution in [0.2, 0.25) is 0 Å². The lowest BCUT2D eigenvalue weighted by molar-refractivity contribution is -0.0332. The molecule has 2 aliphatic rings. The number of nitrogens with zero attached hydrogens (tertiary/aromatic N) is 1. The molecule has 1 heterocycles. The van der Waals surface area contributed by atoms with Gasteiger partial charge in [0.15, 0.2) is 0 Å². The molecule has 1 unspecified atom stereocenters. The van der Waals surface area contributed by atoms with Gasteiger partial charge in [-0.2, -0.15) is 13.2 Å². The van der Waals surface area contributed by atoms with E-state index in [1.165, 1.54) is 12.8 Å². The number of piperazine rings is 1. The van der Waals surface area contributed by atoms with Crippen LogP contribution >= 0.6 is 11.8 Å². The Morgan fingerprint density at radius 3 is 2.61 bits per heavy atom. The average molecular weight is 282 g/mol. The van der Waals surface area contributed by atoms with Gasteiger partial charge in [0, 0.05) is 37.0 Å². The Hall–Kier alpha value is 0.0600. The van der Waals surface area contributed by atoms with Crippen molar-refractivity contribution in [2.45, 2.75) is 49.7 Å². The number of hydrogen-bond acceptors (Lipinski definition) is 3. The molecule has 0 amide bonds. The Morgan fingerprint density at radius 1 is 1.33 bits per heavy atom. The molecule has 2 nitrogen and oxygen atoms in total. The smallest absolute Gasteiger partial charge is 0.311 e. The predicted octanol–water partition coefficient (Wildman–Crippen LogP) is 2.85. The molecule has 1 aliphatic carbocycles. The van der Waals surface area contributed by atoms with E-state index in [1.807, 2.05) is 0 Å². The van der Waals surface area contributed by atoms with Crippen molar-refractivity contribution in [3.8, 4) is 0 Å². The second-order valence-corrected chi connectivity index (χ2v) is 6.61. The first-order chi connectivity index (χ1) is 8.41. The quantitative estimate of drug-likeness (QED) is 0.857. The zero-order valence-electron chi connectivity index (χ0n) is 10.7. The van der Waals surface area contributed by atoms with Crippen molar-refractivity contribution in [2.24, 2.45) is 0 Å². The normalized spacial score (nSPS) is 29.0. The van der Waals surface area contributed by atoms with Crippen LogP contribution in [0.25, 0.3) is 0 Å². The van der Waals surface area contributed by atoms with E-state index in [0.717, 1.165) is 25.9 Å². The monoisotopic (exact) mass is 282 g/mol. The van der Waals surface area contributed by atoms with Crippen molar-refractivity contribution in [1.29, 1.82) is 0 Å². The first kappa shape index (κ1) is 14.5. The van der Waals surface area contributed by atoms with Gasteiger partial charge in [0.05, 0.1) is 0 Å². The summed E-state index contributed by atoms with van der Waals surface area (Å²) in [6, 6.07) is 0.382. The van der Waals surface area contributed by atoms with Crippen LogP contribution in [0.15, 0.2) is 0 Å². The maximum atomic E-state index is 12.2. The molecule has 0 bridgehead atoms. The maximum absolute atomic E-state index is 12.2. The van der Waals surface area contributed by atoms with Gasteiger partial charge in [-0.05, 0) is 31.5 Å². The van der Waals surface area contributed by atoms with Crippen LogP contribution in [0.4, 0.5) is 13.2 Å². The van der Waals surface area contributed by atoms with E-state index < -0.39 is 5.51 Å². The van der Waals surface area contributed by atoms with Gasteiger partial charge in [-0.3, -0.25) is 4.90 Å². The second kappa shape index (κ2) is 5.59. The number of nitrogens with one attached hydrogen (secondary N) is 1. The minimum Gasteiger partial charge on any atom is -0.311 e. The van der Waals surface area contributed by atoms with Gasteiger partial charge in [-0.25, -0.2) is 0 Å². The van der Waals surface area contributed by atoms with Crippen molar-refractivity contribution >= 4 is 11.8 Å². The molecule has 1 atom stereocenters. The molecule has 0 aromatic rings. The first-order valence-electron chi connectivity index (χ1n) is 6.60. The fourth-order valence-corrected chi connectivity index (χ4v) is 3.73. The number of hydrogen-bond donors (Lipinski definition) is 1. The zero-order valence-corrected chi connectivity index (χ0v) is 11.5. The number of thioether (sulfide) groups is 1. The molecule has 0 aromatic carbocycles. The van der Waals surface area contributed by atoms with Crippen molar-refractivity contribution in [3.63, 3.8) is 0 Å². The third-order valence-electron chi connectivity index (χ3n) is 4.11. The predicted molar refractivity (Wildman–Crippen MR) is 68.7 cm³/mol. The minimum absolute atomic E-state index is 0.108. The van der Waals surface area contributed by atoms with E-state index in [2.05, 4.69) is 17.1 Å². The Balaban J connectivity index is 1.90. The highest BCUT2D eigenvalue weighted by Crippen LogP contribution is 2.37. The van der Waals surface area contributed by atoms with Gasteiger partial charge < -0.3 is 5.32 Å². The van der Waals surface area contributed by atoms with Gasteiger partial charge in [0.2, 0.25) is 0 Å². The Kier molecular flexibility index (Phi) is 4.49. The maximum Gasteiger partial charge on any atom is 0.441 e. The molecule has 0 radical (unpaired) electrons. The highest BCUT2D eigenvalue weighted by Gasteiger charge is 2.42. The zero-order chi connectivity index (χ0) is 13.2. The fraction of sp³-hybridized carbons (Fsp3) is 1.00. The fourth-order valence-electron chi connectivity index (χ4n) is 3.19. The van der Waals surface area contributed by atoms with Crippen LogP contribution in [0.1, 0.15) is 32.6 Å². The summed E-state index contributed by atoms with van der Waals surface area (Å²) >= 11 is 0.108. The van der Waals surface area contributed by atoms with Crippen LogP contribution in [0, 0.1) is 0 Å². The van der Waals surface area contributed by atoms with Gasteiger partial charge in [-0.1, -0.05) is 12.8 Å². The SMILES string of the molecule is CC1CN(CCSC(F)(F)F)C2(CCCC2)CN1.